The number of carbonyl (C=O) groups excluding carboxylic acids is 1. The molecule has 0 aromatic heterocycles. The highest BCUT2D eigenvalue weighted by atomic mass is 32.2. The van der Waals surface area contributed by atoms with Crippen LogP contribution in [-0.4, -0.2) is 20.5 Å². The number of ketones is 1. The highest BCUT2D eigenvalue weighted by Crippen LogP contribution is 2.33. The lowest BCUT2D eigenvalue weighted by atomic mass is 10.1. The molecule has 0 saturated carbocycles. The maximum absolute atomic E-state index is 12.7. The topological polar surface area (TPSA) is 51.2 Å². The number of benzene rings is 1. The van der Waals surface area contributed by atoms with Gasteiger partial charge in [0, 0.05) is 6.26 Å². The first-order chi connectivity index (χ1) is 8.53. The molecule has 0 N–H and O–H groups in total. The molecule has 3 nitrogen and oxygen atoms in total. The molecule has 0 amide bonds. The van der Waals surface area contributed by atoms with Crippen molar-refractivity contribution >= 4 is 21.7 Å². The second-order valence-electron chi connectivity index (χ2n) is 3.92. The van der Waals surface area contributed by atoms with Crippen LogP contribution in [0.4, 0.5) is 13.2 Å². The van der Waals surface area contributed by atoms with Crippen LogP contribution >= 0.6 is 0 Å². The number of Topliss-reactive ketones (excluding diaryl/α,β-unsaturated/α-hetero) is 1. The number of hydrogen-bond acceptors (Lipinski definition) is 3. The van der Waals surface area contributed by atoms with E-state index >= 15 is 0 Å². The first-order valence-electron chi connectivity index (χ1n) is 5.12. The summed E-state index contributed by atoms with van der Waals surface area (Å²) >= 11 is 0. The Balaban J connectivity index is 3.52. The van der Waals surface area contributed by atoms with Crippen molar-refractivity contribution in [3.8, 4) is 0 Å². The molecule has 1 rings (SSSR count). The summed E-state index contributed by atoms with van der Waals surface area (Å²) in [6.45, 7) is 0.989. The van der Waals surface area contributed by atoms with E-state index in [1.54, 1.807) is 0 Å². The Kier molecular flexibility index (Phi) is 4.19. The quantitative estimate of drug-likeness (QED) is 0.805. The molecule has 0 bridgehead atoms. The largest absolute Gasteiger partial charge is 0.416 e. The summed E-state index contributed by atoms with van der Waals surface area (Å²) in [6, 6.07) is 4.46. The van der Waals surface area contributed by atoms with Crippen LogP contribution in [0.15, 0.2) is 29.2 Å². The van der Waals surface area contributed by atoms with Crippen LogP contribution in [0.3, 0.4) is 0 Å². The molecule has 0 aliphatic rings. The molecule has 104 valence electrons. The maximum atomic E-state index is 12.7. The monoisotopic (exact) mass is 292 g/mol. The summed E-state index contributed by atoms with van der Waals surface area (Å²) in [5.74, 6) is -0.806. The zero-order chi connectivity index (χ0) is 14.8. The average molecular weight is 292 g/mol. The van der Waals surface area contributed by atoms with E-state index < -0.39 is 32.3 Å². The van der Waals surface area contributed by atoms with Crippen molar-refractivity contribution in [3.05, 3.63) is 40.3 Å². The van der Waals surface area contributed by atoms with Crippen LogP contribution in [0.2, 0.25) is 0 Å². The van der Waals surface area contributed by atoms with Gasteiger partial charge in [0.15, 0.2) is 15.6 Å². The summed E-state index contributed by atoms with van der Waals surface area (Å²) < 4.78 is 60.9. The fourth-order valence-electron chi connectivity index (χ4n) is 1.49. The predicted molar refractivity (Wildman–Crippen MR) is 64.9 cm³/mol. The van der Waals surface area contributed by atoms with Gasteiger partial charge in [-0.2, -0.15) is 13.2 Å². The van der Waals surface area contributed by atoms with E-state index in [-0.39, 0.29) is 5.56 Å². The average Bonchev–Trinajstić information content (AvgIpc) is 2.23. The third kappa shape index (κ3) is 3.92. The zero-order valence-corrected chi connectivity index (χ0v) is 11.0. The zero-order valence-electron chi connectivity index (χ0n) is 10.2. The van der Waals surface area contributed by atoms with Crippen molar-refractivity contribution in [1.29, 1.82) is 0 Å². The van der Waals surface area contributed by atoms with E-state index in [1.807, 2.05) is 0 Å². The van der Waals surface area contributed by atoms with E-state index in [0.29, 0.717) is 0 Å². The Morgan fingerprint density at radius 2 is 1.74 bits per heavy atom. The minimum Gasteiger partial charge on any atom is -0.294 e. The fraction of sp³-hybridized carbons (Fsp3) is 0.250. The molecule has 0 atom stereocenters. The summed E-state index contributed by atoms with van der Waals surface area (Å²) in [5, 5.41) is 0. The van der Waals surface area contributed by atoms with Gasteiger partial charge in [-0.3, -0.25) is 4.79 Å². The third-order valence-electron chi connectivity index (χ3n) is 2.30. The van der Waals surface area contributed by atoms with Crippen LogP contribution in [0.5, 0.6) is 0 Å². The van der Waals surface area contributed by atoms with Gasteiger partial charge in [0.25, 0.3) is 0 Å². The molecule has 19 heavy (non-hydrogen) atoms. The number of hydrogen-bond donors (Lipinski definition) is 0. The van der Waals surface area contributed by atoms with E-state index in [4.69, 9.17) is 0 Å². The van der Waals surface area contributed by atoms with Crippen molar-refractivity contribution in [2.45, 2.75) is 13.1 Å². The van der Waals surface area contributed by atoms with E-state index in [0.717, 1.165) is 31.4 Å². The standard InChI is InChI=1S/C12H11F3O3S/c1-8(16)11(19(2,17)18)7-9-5-3-4-6-10(9)12(13,14)15/h3-7H,1-2H3. The number of alkyl halides is 3. The minimum atomic E-state index is -4.62. The molecule has 1 aromatic rings. The van der Waals surface area contributed by atoms with Gasteiger partial charge in [0.05, 0.1) is 5.56 Å². The van der Waals surface area contributed by atoms with Crippen LogP contribution < -0.4 is 0 Å². The van der Waals surface area contributed by atoms with E-state index in [1.165, 1.54) is 12.1 Å². The maximum Gasteiger partial charge on any atom is 0.416 e. The second kappa shape index (κ2) is 5.16. The second-order valence-corrected chi connectivity index (χ2v) is 5.91. The summed E-state index contributed by atoms with van der Waals surface area (Å²) in [5.41, 5.74) is -1.34. The summed E-state index contributed by atoms with van der Waals surface area (Å²) in [4.78, 5) is 10.6. The van der Waals surface area contributed by atoms with Crippen molar-refractivity contribution < 1.29 is 26.4 Å². The molecule has 7 heteroatoms. The normalized spacial score (nSPS) is 13.4. The smallest absolute Gasteiger partial charge is 0.294 e. The molecule has 0 heterocycles. The van der Waals surface area contributed by atoms with Crippen molar-refractivity contribution in [3.63, 3.8) is 0 Å². The highest BCUT2D eigenvalue weighted by Gasteiger charge is 2.33. The van der Waals surface area contributed by atoms with Crippen LogP contribution in [0, 0.1) is 0 Å². The lowest BCUT2D eigenvalue weighted by molar-refractivity contribution is -0.137. The molecule has 0 spiro atoms. The number of allylic oxidation sites excluding steroid dienone is 1. The Morgan fingerprint density at radius 1 is 1.21 bits per heavy atom. The van der Waals surface area contributed by atoms with Crippen molar-refractivity contribution in [2.75, 3.05) is 6.26 Å². The van der Waals surface area contributed by atoms with Gasteiger partial charge in [-0.25, -0.2) is 8.42 Å². The lowest BCUT2D eigenvalue weighted by Gasteiger charge is -2.10. The van der Waals surface area contributed by atoms with E-state index in [9.17, 15) is 26.4 Å². The fourth-order valence-corrected chi connectivity index (χ4v) is 2.36. The van der Waals surface area contributed by atoms with Crippen LogP contribution in [0.1, 0.15) is 18.1 Å². The first kappa shape index (κ1) is 15.4. The van der Waals surface area contributed by atoms with E-state index in [2.05, 4.69) is 0 Å². The van der Waals surface area contributed by atoms with Gasteiger partial charge in [-0.1, -0.05) is 18.2 Å². The van der Waals surface area contributed by atoms with Gasteiger partial charge in [0.1, 0.15) is 4.91 Å². The third-order valence-corrected chi connectivity index (χ3v) is 3.50. The summed E-state index contributed by atoms with van der Waals surface area (Å²) in [7, 11) is -3.88. The summed E-state index contributed by atoms with van der Waals surface area (Å²) in [6.07, 6.45) is -3.09. The van der Waals surface area contributed by atoms with Gasteiger partial charge in [-0.05, 0) is 24.6 Å². The Labute approximate surface area is 108 Å². The molecule has 0 fully saturated rings. The van der Waals surface area contributed by atoms with Gasteiger partial charge < -0.3 is 0 Å². The Morgan fingerprint density at radius 3 is 2.16 bits per heavy atom. The van der Waals surface area contributed by atoms with Crippen molar-refractivity contribution in [1.82, 2.24) is 0 Å². The van der Waals surface area contributed by atoms with Gasteiger partial charge in [-0.15, -0.1) is 0 Å². The highest BCUT2D eigenvalue weighted by molar-refractivity contribution is 7.95. The number of sulfone groups is 1. The molecule has 0 aliphatic carbocycles. The molecule has 0 radical (unpaired) electrons. The van der Waals surface area contributed by atoms with Gasteiger partial charge in [0.2, 0.25) is 0 Å². The molecular formula is C12H11F3O3S. The number of halogens is 3. The Hall–Kier alpha value is -1.63. The SMILES string of the molecule is CC(=O)C(=Cc1ccccc1C(F)(F)F)S(C)(=O)=O. The number of rotatable bonds is 3. The minimum absolute atomic E-state index is 0.356. The number of carbonyl (C=O) groups is 1. The lowest BCUT2D eigenvalue weighted by Crippen LogP contribution is -2.11. The molecular weight excluding hydrogens is 281 g/mol. The predicted octanol–water partition coefficient (Wildman–Crippen LogP) is 2.68. The van der Waals surface area contributed by atoms with Crippen molar-refractivity contribution in [2.24, 2.45) is 0 Å². The van der Waals surface area contributed by atoms with Crippen LogP contribution in [-0.2, 0) is 20.8 Å². The molecule has 0 unspecified atom stereocenters. The first-order valence-corrected chi connectivity index (χ1v) is 7.01. The van der Waals surface area contributed by atoms with Crippen LogP contribution in [0.25, 0.3) is 6.08 Å². The molecule has 0 saturated heterocycles. The Bertz CT molecular complexity index is 628. The molecule has 0 aliphatic heterocycles. The molecule has 1 aromatic carbocycles. The van der Waals surface area contributed by atoms with Gasteiger partial charge >= 0.3 is 6.18 Å².